The van der Waals surface area contributed by atoms with Gasteiger partial charge in [-0.1, -0.05) is 13.8 Å². The third-order valence-corrected chi connectivity index (χ3v) is 9.01. The van der Waals surface area contributed by atoms with E-state index < -0.39 is 0 Å². The molecule has 0 radical (unpaired) electrons. The molecule has 152 valence electrons. The van der Waals surface area contributed by atoms with Gasteiger partial charge in [0.1, 0.15) is 12.2 Å². The average Bonchev–Trinajstić information content (AvgIpc) is 2.90. The van der Waals surface area contributed by atoms with Gasteiger partial charge in [0.2, 0.25) is 0 Å². The number of ether oxygens (including phenoxy) is 2. The van der Waals surface area contributed by atoms with Crippen LogP contribution in [0, 0.1) is 34.5 Å². The van der Waals surface area contributed by atoms with Crippen molar-refractivity contribution in [1.29, 1.82) is 0 Å². The molecule has 4 aliphatic rings. The third-order valence-electron chi connectivity index (χ3n) is 9.01. The average molecular weight is 377 g/mol. The SMILES string of the molecule is CC(=O)OC1CCC2(C)C(CCC3C4CC(OC(C)=O)CC4(C)CCC32)C1. The van der Waals surface area contributed by atoms with Gasteiger partial charge < -0.3 is 9.47 Å². The monoisotopic (exact) mass is 376 g/mol. The minimum atomic E-state index is -0.131. The maximum Gasteiger partial charge on any atom is 0.302 e. The Hall–Kier alpha value is -1.06. The molecule has 0 aromatic rings. The molecule has 8 unspecified atom stereocenters. The van der Waals surface area contributed by atoms with Crippen molar-refractivity contribution in [2.75, 3.05) is 0 Å². The number of esters is 2. The van der Waals surface area contributed by atoms with Gasteiger partial charge in [0.15, 0.2) is 0 Å². The van der Waals surface area contributed by atoms with Gasteiger partial charge in [0.05, 0.1) is 0 Å². The first-order chi connectivity index (χ1) is 12.7. The zero-order chi connectivity index (χ0) is 19.4. The lowest BCUT2D eigenvalue weighted by Crippen LogP contribution is -2.53. The zero-order valence-electron chi connectivity index (χ0n) is 17.5. The third kappa shape index (κ3) is 3.31. The van der Waals surface area contributed by atoms with Crippen LogP contribution in [0.15, 0.2) is 0 Å². The lowest BCUT2D eigenvalue weighted by Gasteiger charge is -2.60. The van der Waals surface area contributed by atoms with Gasteiger partial charge in [-0.25, -0.2) is 0 Å². The fourth-order valence-electron chi connectivity index (χ4n) is 7.88. The molecule has 4 aliphatic carbocycles. The lowest BCUT2D eigenvalue weighted by molar-refractivity contribution is -0.159. The van der Waals surface area contributed by atoms with E-state index in [0.29, 0.717) is 22.7 Å². The van der Waals surface area contributed by atoms with Gasteiger partial charge in [-0.3, -0.25) is 9.59 Å². The quantitative estimate of drug-likeness (QED) is 0.644. The molecule has 0 amide bonds. The highest BCUT2D eigenvalue weighted by Gasteiger charge is 2.59. The molecule has 4 rings (SSSR count). The highest BCUT2D eigenvalue weighted by Crippen LogP contribution is 2.66. The van der Waals surface area contributed by atoms with E-state index in [1.54, 1.807) is 6.92 Å². The molecule has 0 saturated heterocycles. The van der Waals surface area contributed by atoms with Gasteiger partial charge >= 0.3 is 11.9 Å². The number of fused-ring (bicyclic) bond motifs is 5. The normalized spacial score (nSPS) is 48.7. The molecule has 0 N–H and O–H groups in total. The van der Waals surface area contributed by atoms with Gasteiger partial charge in [0, 0.05) is 13.8 Å². The molecule has 0 bridgehead atoms. The summed E-state index contributed by atoms with van der Waals surface area (Å²) in [5.74, 6) is 2.68. The first-order valence-corrected chi connectivity index (χ1v) is 11.1. The summed E-state index contributed by atoms with van der Waals surface area (Å²) < 4.78 is 11.2. The van der Waals surface area contributed by atoms with E-state index in [0.717, 1.165) is 37.5 Å². The van der Waals surface area contributed by atoms with Crippen LogP contribution in [0.3, 0.4) is 0 Å². The van der Waals surface area contributed by atoms with Gasteiger partial charge in [0.25, 0.3) is 0 Å². The summed E-state index contributed by atoms with van der Waals surface area (Å²) in [7, 11) is 0. The van der Waals surface area contributed by atoms with E-state index in [1.165, 1.54) is 39.0 Å². The molecule has 0 aliphatic heterocycles. The van der Waals surface area contributed by atoms with E-state index in [9.17, 15) is 9.59 Å². The van der Waals surface area contributed by atoms with Crippen LogP contribution in [0.5, 0.6) is 0 Å². The van der Waals surface area contributed by atoms with E-state index >= 15 is 0 Å². The fraction of sp³-hybridized carbons (Fsp3) is 0.913. The Morgan fingerprint density at radius 1 is 0.815 bits per heavy atom. The number of hydrogen-bond acceptors (Lipinski definition) is 4. The molecular weight excluding hydrogens is 340 g/mol. The Kier molecular flexibility index (Phi) is 4.83. The van der Waals surface area contributed by atoms with E-state index in [4.69, 9.17) is 9.47 Å². The molecule has 27 heavy (non-hydrogen) atoms. The maximum absolute atomic E-state index is 11.5. The zero-order valence-corrected chi connectivity index (χ0v) is 17.5. The number of hydrogen-bond donors (Lipinski definition) is 0. The molecular formula is C23H36O4. The summed E-state index contributed by atoms with van der Waals surface area (Å²) in [5, 5.41) is 0. The molecule has 4 fully saturated rings. The highest BCUT2D eigenvalue weighted by molar-refractivity contribution is 5.66. The molecule has 4 saturated carbocycles. The fourth-order valence-corrected chi connectivity index (χ4v) is 7.88. The Morgan fingerprint density at radius 3 is 2.22 bits per heavy atom. The van der Waals surface area contributed by atoms with Crippen LogP contribution >= 0.6 is 0 Å². The van der Waals surface area contributed by atoms with Crippen LogP contribution in [0.25, 0.3) is 0 Å². The minimum absolute atomic E-state index is 0.126. The van der Waals surface area contributed by atoms with Crippen LogP contribution in [0.2, 0.25) is 0 Å². The Labute approximate surface area is 163 Å². The molecule has 4 heteroatoms. The van der Waals surface area contributed by atoms with Crippen molar-refractivity contribution in [1.82, 2.24) is 0 Å². The van der Waals surface area contributed by atoms with E-state index in [1.807, 2.05) is 0 Å². The maximum atomic E-state index is 11.5. The first kappa shape index (κ1) is 19.3. The summed E-state index contributed by atoms with van der Waals surface area (Å²) in [6.07, 6.45) is 10.8. The van der Waals surface area contributed by atoms with Crippen molar-refractivity contribution in [3.05, 3.63) is 0 Å². The predicted octanol–water partition coefficient (Wildman–Crippen LogP) is 4.89. The molecule has 0 aromatic heterocycles. The van der Waals surface area contributed by atoms with Gasteiger partial charge in [-0.2, -0.15) is 0 Å². The second-order valence-corrected chi connectivity index (χ2v) is 10.5. The largest absolute Gasteiger partial charge is 0.463 e. The number of carbonyl (C=O) groups excluding carboxylic acids is 2. The molecule has 8 atom stereocenters. The smallest absolute Gasteiger partial charge is 0.302 e. The molecule has 0 aromatic carbocycles. The Bertz CT molecular complexity index is 615. The summed E-state index contributed by atoms with van der Waals surface area (Å²) in [5.41, 5.74) is 0.736. The number of rotatable bonds is 2. The van der Waals surface area contributed by atoms with Crippen molar-refractivity contribution in [2.24, 2.45) is 34.5 Å². The van der Waals surface area contributed by atoms with E-state index in [2.05, 4.69) is 13.8 Å². The van der Waals surface area contributed by atoms with Crippen LogP contribution in [0.1, 0.15) is 85.5 Å². The number of carbonyl (C=O) groups is 2. The topological polar surface area (TPSA) is 52.6 Å². The summed E-state index contributed by atoms with van der Waals surface area (Å²) in [6.45, 7) is 8.05. The summed E-state index contributed by atoms with van der Waals surface area (Å²) in [4.78, 5) is 22.9. The Balaban J connectivity index is 1.50. The van der Waals surface area contributed by atoms with Crippen LogP contribution < -0.4 is 0 Å². The molecule has 0 spiro atoms. The second kappa shape index (κ2) is 6.77. The molecule has 4 nitrogen and oxygen atoms in total. The standard InChI is InChI=1S/C23H36O4/c1-14(24)26-17-7-10-23(4)16(11-17)5-6-19-20(23)8-9-22(3)13-18(12-21(19)22)27-15(2)25/h16-21H,5-13H2,1-4H3. The lowest BCUT2D eigenvalue weighted by atomic mass is 9.45. The van der Waals surface area contributed by atoms with Crippen molar-refractivity contribution < 1.29 is 19.1 Å². The second-order valence-electron chi connectivity index (χ2n) is 10.5. The summed E-state index contributed by atoms with van der Waals surface area (Å²) in [6, 6.07) is 0. The molecule has 0 heterocycles. The van der Waals surface area contributed by atoms with Gasteiger partial charge in [-0.05, 0) is 92.3 Å². The van der Waals surface area contributed by atoms with Gasteiger partial charge in [-0.15, -0.1) is 0 Å². The van der Waals surface area contributed by atoms with Crippen LogP contribution in [-0.2, 0) is 19.1 Å². The van der Waals surface area contributed by atoms with E-state index in [-0.39, 0.29) is 24.1 Å². The predicted molar refractivity (Wildman–Crippen MR) is 103 cm³/mol. The Morgan fingerprint density at radius 2 is 1.52 bits per heavy atom. The van der Waals surface area contributed by atoms with Crippen molar-refractivity contribution >= 4 is 11.9 Å². The van der Waals surface area contributed by atoms with Crippen LogP contribution in [-0.4, -0.2) is 24.1 Å². The van der Waals surface area contributed by atoms with Crippen molar-refractivity contribution in [2.45, 2.75) is 97.7 Å². The first-order valence-electron chi connectivity index (χ1n) is 11.1. The minimum Gasteiger partial charge on any atom is -0.463 e. The van der Waals surface area contributed by atoms with Crippen molar-refractivity contribution in [3.63, 3.8) is 0 Å². The van der Waals surface area contributed by atoms with Crippen molar-refractivity contribution in [3.8, 4) is 0 Å². The summed E-state index contributed by atoms with van der Waals surface area (Å²) >= 11 is 0. The van der Waals surface area contributed by atoms with Crippen LogP contribution in [0.4, 0.5) is 0 Å². The highest BCUT2D eigenvalue weighted by atomic mass is 16.5.